The second kappa shape index (κ2) is 10.1. The molecule has 39 heavy (non-hydrogen) atoms. The lowest BCUT2D eigenvalue weighted by molar-refractivity contribution is -0.138. The van der Waals surface area contributed by atoms with E-state index in [4.69, 9.17) is 0 Å². The van der Waals surface area contributed by atoms with E-state index in [1.165, 1.54) is 23.5 Å². The number of nitrogens with zero attached hydrogens (tertiary/aromatic N) is 3. The van der Waals surface area contributed by atoms with Crippen molar-refractivity contribution in [1.82, 2.24) is 14.9 Å². The van der Waals surface area contributed by atoms with Gasteiger partial charge in [-0.05, 0) is 50.7 Å². The van der Waals surface area contributed by atoms with E-state index in [1.807, 2.05) is 25.8 Å². The Morgan fingerprint density at radius 1 is 1.13 bits per heavy atom. The highest BCUT2D eigenvalue weighted by molar-refractivity contribution is 7.16. The number of halogens is 4. The van der Waals surface area contributed by atoms with Crippen LogP contribution in [0.1, 0.15) is 29.8 Å². The van der Waals surface area contributed by atoms with E-state index in [2.05, 4.69) is 20.2 Å². The minimum atomic E-state index is -4.93. The van der Waals surface area contributed by atoms with Gasteiger partial charge in [0, 0.05) is 43.0 Å². The molecule has 1 aliphatic rings. The van der Waals surface area contributed by atoms with Gasteiger partial charge in [0.15, 0.2) is 0 Å². The Balaban J connectivity index is 1.61. The maximum absolute atomic E-state index is 15.6. The zero-order valence-corrected chi connectivity index (χ0v) is 22.1. The van der Waals surface area contributed by atoms with Crippen molar-refractivity contribution < 1.29 is 22.4 Å². The van der Waals surface area contributed by atoms with Crippen LogP contribution in [0.2, 0.25) is 0 Å². The van der Waals surface area contributed by atoms with E-state index in [1.54, 1.807) is 23.7 Å². The molecule has 1 aliphatic heterocycles. The molecule has 2 aromatic carbocycles. The van der Waals surface area contributed by atoms with Crippen molar-refractivity contribution in [1.29, 1.82) is 0 Å². The number of rotatable bonds is 4. The zero-order valence-electron chi connectivity index (χ0n) is 21.3. The number of fused-ring (bicyclic) bond motifs is 1. The number of hydrogen-bond acceptors (Lipinski definition) is 6. The summed E-state index contributed by atoms with van der Waals surface area (Å²) in [5.74, 6) is -1.61. The number of likely N-dealkylation sites (N-methyl/N-ethyl adjacent to an activating group) is 1. The van der Waals surface area contributed by atoms with E-state index in [-0.39, 0.29) is 23.3 Å². The number of carbonyl (C=O) groups excluding carboxylic acids is 1. The maximum Gasteiger partial charge on any atom is 0.417 e. The number of piperazine rings is 1. The van der Waals surface area contributed by atoms with E-state index in [0.29, 0.717) is 30.4 Å². The van der Waals surface area contributed by atoms with Crippen molar-refractivity contribution in [2.75, 3.05) is 30.4 Å². The summed E-state index contributed by atoms with van der Waals surface area (Å²) in [7, 11) is 1.99. The number of benzene rings is 2. The first kappa shape index (κ1) is 26.8. The van der Waals surface area contributed by atoms with Gasteiger partial charge < -0.3 is 15.2 Å². The summed E-state index contributed by atoms with van der Waals surface area (Å²) in [4.78, 5) is 35.3. The molecule has 2 N–H and O–H groups in total. The molecule has 3 heterocycles. The zero-order chi connectivity index (χ0) is 28.1. The molecule has 2 atom stereocenters. The largest absolute Gasteiger partial charge is 0.417 e. The van der Waals surface area contributed by atoms with Crippen LogP contribution in [-0.2, 0) is 6.18 Å². The van der Waals surface area contributed by atoms with Crippen molar-refractivity contribution in [3.63, 3.8) is 0 Å². The van der Waals surface area contributed by atoms with Crippen LogP contribution in [0.15, 0.2) is 52.9 Å². The normalized spacial score (nSPS) is 18.5. The van der Waals surface area contributed by atoms with Gasteiger partial charge in [-0.3, -0.25) is 14.5 Å². The van der Waals surface area contributed by atoms with Gasteiger partial charge in [0.05, 0.1) is 38.2 Å². The third kappa shape index (κ3) is 5.26. The molecule has 0 aliphatic carbocycles. The first-order valence-electron chi connectivity index (χ1n) is 12.2. The van der Waals surface area contributed by atoms with Crippen LogP contribution in [0.25, 0.3) is 21.3 Å². The number of pyridine rings is 1. The molecule has 2 aromatic heterocycles. The lowest BCUT2D eigenvalue weighted by Gasteiger charge is -2.44. The Morgan fingerprint density at radius 2 is 1.85 bits per heavy atom. The van der Waals surface area contributed by atoms with Crippen LogP contribution in [0.5, 0.6) is 0 Å². The average Bonchev–Trinajstić information content (AvgIpc) is 3.35. The molecule has 0 spiro atoms. The quantitative estimate of drug-likeness (QED) is 0.319. The predicted octanol–water partition coefficient (Wildman–Crippen LogP) is 5.59. The number of alkyl halides is 3. The Kier molecular flexibility index (Phi) is 6.93. The number of hydrogen-bond donors (Lipinski definition) is 2. The number of anilines is 2. The second-order valence-electron chi connectivity index (χ2n) is 9.73. The standard InChI is InChI=1S/C27H25F4N5O2S/c1-14-11-36(12-15(2)35(14)3)23-9-20(28)17(16-4-5-21-24(6-16)39-13-33-21)7-22(23)34-26(38)18-10-32-25(37)8-19(18)27(29,30)31/h4-10,13-15H,11-12H2,1-3H3,(H,32,37)(H,34,38)/t14-,15+. The lowest BCUT2D eigenvalue weighted by atomic mass is 10.0. The molecule has 0 bridgehead atoms. The van der Waals surface area contributed by atoms with Crippen LogP contribution >= 0.6 is 11.3 Å². The first-order valence-corrected chi connectivity index (χ1v) is 13.1. The summed E-state index contributed by atoms with van der Waals surface area (Å²) >= 11 is 1.39. The highest BCUT2D eigenvalue weighted by Crippen LogP contribution is 2.38. The van der Waals surface area contributed by atoms with Crippen LogP contribution in [0.3, 0.4) is 0 Å². The van der Waals surface area contributed by atoms with Gasteiger partial charge in [0.25, 0.3) is 5.91 Å². The van der Waals surface area contributed by atoms with Crippen molar-refractivity contribution >= 4 is 38.8 Å². The highest BCUT2D eigenvalue weighted by Gasteiger charge is 2.36. The molecule has 1 amide bonds. The van der Waals surface area contributed by atoms with Crippen LogP contribution in [0, 0.1) is 5.82 Å². The van der Waals surface area contributed by atoms with Crippen molar-refractivity contribution in [2.24, 2.45) is 0 Å². The van der Waals surface area contributed by atoms with Gasteiger partial charge >= 0.3 is 6.18 Å². The molecule has 0 radical (unpaired) electrons. The minimum Gasteiger partial charge on any atom is -0.367 e. The molecule has 5 rings (SSSR count). The fourth-order valence-electron chi connectivity index (χ4n) is 4.85. The SMILES string of the molecule is C[C@@H]1CN(c2cc(F)c(-c3ccc4ncsc4c3)cc2NC(=O)c2c[nH]c(=O)cc2C(F)(F)F)C[C@H](C)N1C. The number of amides is 1. The Labute approximate surface area is 225 Å². The second-order valence-corrected chi connectivity index (χ2v) is 10.6. The Bertz CT molecular complexity index is 1600. The Morgan fingerprint density at radius 3 is 2.54 bits per heavy atom. The molecule has 12 heteroatoms. The lowest BCUT2D eigenvalue weighted by Crippen LogP contribution is -2.55. The molecule has 204 valence electrons. The summed E-state index contributed by atoms with van der Waals surface area (Å²) < 4.78 is 57.5. The third-order valence-electron chi connectivity index (χ3n) is 7.15. The minimum absolute atomic E-state index is 0.102. The number of carbonyl (C=O) groups is 1. The number of H-pyrrole nitrogens is 1. The number of nitrogens with one attached hydrogen (secondary N) is 2. The summed E-state index contributed by atoms with van der Waals surface area (Å²) in [6.07, 6.45) is -4.19. The fraction of sp³-hybridized carbons (Fsp3) is 0.296. The van der Waals surface area contributed by atoms with Gasteiger partial charge in [0.1, 0.15) is 5.82 Å². The van der Waals surface area contributed by atoms with Crippen molar-refractivity contribution in [3.8, 4) is 11.1 Å². The molecule has 0 unspecified atom stereocenters. The summed E-state index contributed by atoms with van der Waals surface area (Å²) in [5, 5.41) is 2.57. The van der Waals surface area contributed by atoms with E-state index in [9.17, 15) is 22.8 Å². The average molecular weight is 560 g/mol. The monoisotopic (exact) mass is 559 g/mol. The molecule has 1 saturated heterocycles. The smallest absolute Gasteiger partial charge is 0.367 e. The van der Waals surface area contributed by atoms with E-state index >= 15 is 4.39 Å². The third-order valence-corrected chi connectivity index (χ3v) is 7.94. The molecule has 7 nitrogen and oxygen atoms in total. The fourth-order valence-corrected chi connectivity index (χ4v) is 5.57. The molecular weight excluding hydrogens is 534 g/mol. The van der Waals surface area contributed by atoms with Gasteiger partial charge in [-0.1, -0.05) is 6.07 Å². The first-order chi connectivity index (χ1) is 18.4. The van der Waals surface area contributed by atoms with Gasteiger partial charge in [-0.2, -0.15) is 13.2 Å². The summed E-state index contributed by atoms with van der Waals surface area (Å²) in [6, 6.07) is 8.54. The molecule has 0 saturated carbocycles. The van der Waals surface area contributed by atoms with Gasteiger partial charge in [0.2, 0.25) is 5.56 Å². The predicted molar refractivity (Wildman–Crippen MR) is 144 cm³/mol. The molecule has 1 fully saturated rings. The van der Waals surface area contributed by atoms with Crippen LogP contribution in [-0.4, -0.2) is 53.0 Å². The number of aromatic nitrogens is 2. The molecule has 4 aromatic rings. The topological polar surface area (TPSA) is 81.3 Å². The van der Waals surface area contributed by atoms with Gasteiger partial charge in [-0.15, -0.1) is 11.3 Å². The highest BCUT2D eigenvalue weighted by atomic mass is 32.1. The van der Waals surface area contributed by atoms with E-state index < -0.39 is 34.6 Å². The van der Waals surface area contributed by atoms with Crippen LogP contribution in [0.4, 0.5) is 28.9 Å². The summed E-state index contributed by atoms with van der Waals surface area (Å²) in [6.45, 7) is 5.07. The summed E-state index contributed by atoms with van der Waals surface area (Å²) in [5.41, 5.74) is 0.573. The van der Waals surface area contributed by atoms with Crippen LogP contribution < -0.4 is 15.8 Å². The number of aromatic amines is 1. The maximum atomic E-state index is 15.6. The molecular formula is C27H25F4N5O2S. The van der Waals surface area contributed by atoms with E-state index in [0.717, 1.165) is 16.4 Å². The van der Waals surface area contributed by atoms with Gasteiger partial charge in [-0.25, -0.2) is 9.37 Å². The van der Waals surface area contributed by atoms with Crippen molar-refractivity contribution in [3.05, 3.63) is 75.4 Å². The van der Waals surface area contributed by atoms with Crippen molar-refractivity contribution in [2.45, 2.75) is 32.1 Å². The Hall–Kier alpha value is -3.77. The number of thiazole rings is 1.